The van der Waals surface area contributed by atoms with Gasteiger partial charge in [-0.2, -0.15) is 0 Å². The van der Waals surface area contributed by atoms with Gasteiger partial charge < -0.3 is 4.74 Å². The van der Waals surface area contributed by atoms with Gasteiger partial charge >= 0.3 is 5.97 Å². The number of Topliss-reactive ketones (excluding diaryl/α,β-unsaturated/α-hetero) is 1. The quantitative estimate of drug-likeness (QED) is 0.526. The molecule has 0 amide bonds. The Morgan fingerprint density at radius 1 is 1.19 bits per heavy atom. The number of esters is 1. The summed E-state index contributed by atoms with van der Waals surface area (Å²) >= 11 is 0. The Bertz CT molecular complexity index is 786. The summed E-state index contributed by atoms with van der Waals surface area (Å²) < 4.78 is 5.24. The van der Waals surface area contributed by atoms with Crippen LogP contribution in [0.1, 0.15) is 52.4 Å². The fourth-order valence-corrected chi connectivity index (χ4v) is 9.01. The van der Waals surface area contributed by atoms with Crippen LogP contribution in [0.15, 0.2) is 11.1 Å². The van der Waals surface area contributed by atoms with Gasteiger partial charge in [0.25, 0.3) is 0 Å². The molecule has 1 unspecified atom stereocenters. The second-order valence-corrected chi connectivity index (χ2v) is 10.6. The van der Waals surface area contributed by atoms with E-state index in [1.807, 2.05) is 0 Å². The van der Waals surface area contributed by atoms with E-state index in [1.165, 1.54) is 19.1 Å². The minimum Gasteiger partial charge on any atom is -0.469 e. The van der Waals surface area contributed by atoms with Crippen molar-refractivity contribution in [2.45, 2.75) is 58.4 Å². The predicted octanol–water partition coefficient (Wildman–Crippen LogP) is 3.21. The molecule has 4 fully saturated rings. The Hall–Kier alpha value is -1.16. The third-order valence-electron chi connectivity index (χ3n) is 10.1. The monoisotopic (exact) mass is 369 g/mol. The number of hydrogen-bond donors (Lipinski definition) is 0. The summed E-state index contributed by atoms with van der Waals surface area (Å²) in [5, 5.41) is 0. The van der Waals surface area contributed by atoms with Crippen LogP contribution in [0.25, 0.3) is 0 Å². The van der Waals surface area contributed by atoms with Crippen LogP contribution < -0.4 is 0 Å². The van der Waals surface area contributed by atoms with Crippen molar-refractivity contribution in [2.24, 2.45) is 40.4 Å². The lowest BCUT2D eigenvalue weighted by Gasteiger charge is -2.59. The van der Waals surface area contributed by atoms with E-state index in [2.05, 4.69) is 18.7 Å². The Morgan fingerprint density at radius 2 is 1.96 bits per heavy atom. The molecule has 4 heteroatoms. The molecule has 6 aliphatic rings. The molecule has 6 rings (SSSR count). The molecule has 4 aliphatic carbocycles. The molecule has 2 saturated heterocycles. The first-order valence-corrected chi connectivity index (χ1v) is 11.0. The summed E-state index contributed by atoms with van der Waals surface area (Å²) in [6, 6.07) is 0.519. The van der Waals surface area contributed by atoms with Crippen LogP contribution in [0, 0.1) is 40.4 Å². The van der Waals surface area contributed by atoms with Gasteiger partial charge in [0.05, 0.1) is 18.4 Å². The topological polar surface area (TPSA) is 46.6 Å². The highest BCUT2D eigenvalue weighted by Crippen LogP contribution is 2.74. The lowest BCUT2D eigenvalue weighted by Crippen LogP contribution is -2.64. The summed E-state index contributed by atoms with van der Waals surface area (Å²) in [5.74, 6) is 1.79. The maximum atomic E-state index is 14.3. The first-order chi connectivity index (χ1) is 12.9. The van der Waals surface area contributed by atoms with Crippen LogP contribution >= 0.6 is 0 Å². The van der Waals surface area contributed by atoms with Crippen molar-refractivity contribution in [3.63, 3.8) is 0 Å². The average Bonchev–Trinajstić information content (AvgIpc) is 3.27. The molecule has 8 atom stereocenters. The van der Waals surface area contributed by atoms with E-state index in [1.54, 1.807) is 5.57 Å². The highest BCUT2D eigenvalue weighted by molar-refractivity contribution is 5.95. The van der Waals surface area contributed by atoms with Crippen LogP contribution in [0.4, 0.5) is 0 Å². The number of allylic oxidation sites excluding steroid dienone is 2. The van der Waals surface area contributed by atoms with Gasteiger partial charge in [-0.3, -0.25) is 14.5 Å². The van der Waals surface area contributed by atoms with Crippen LogP contribution in [0.3, 0.4) is 0 Å². The van der Waals surface area contributed by atoms with Gasteiger partial charge in [-0.05, 0) is 56.3 Å². The molecule has 146 valence electrons. The van der Waals surface area contributed by atoms with Gasteiger partial charge in [-0.1, -0.05) is 25.0 Å². The molecule has 2 bridgehead atoms. The minimum absolute atomic E-state index is 0.00314. The van der Waals surface area contributed by atoms with E-state index in [0.29, 0.717) is 23.7 Å². The number of rotatable bonds is 1. The van der Waals surface area contributed by atoms with Gasteiger partial charge in [-0.15, -0.1) is 0 Å². The van der Waals surface area contributed by atoms with Gasteiger partial charge in [-0.25, -0.2) is 0 Å². The zero-order valence-electron chi connectivity index (χ0n) is 16.8. The number of carbonyl (C=O) groups excluding carboxylic acids is 2. The minimum atomic E-state index is -0.388. The van der Waals surface area contributed by atoms with Crippen molar-refractivity contribution < 1.29 is 14.3 Å². The van der Waals surface area contributed by atoms with Crippen LogP contribution in [0.5, 0.6) is 0 Å². The van der Waals surface area contributed by atoms with Crippen molar-refractivity contribution in [2.75, 3.05) is 20.2 Å². The maximum Gasteiger partial charge on any atom is 0.309 e. The first kappa shape index (κ1) is 16.8. The molecule has 0 aromatic rings. The number of fused-ring (bicyclic) bond motifs is 1. The van der Waals surface area contributed by atoms with Crippen LogP contribution in [-0.2, 0) is 14.3 Å². The van der Waals surface area contributed by atoms with Crippen molar-refractivity contribution in [3.8, 4) is 0 Å². The zero-order chi connectivity index (χ0) is 18.7. The zero-order valence-corrected chi connectivity index (χ0v) is 16.8. The molecule has 2 saturated carbocycles. The standard InChI is InChI=1S/C23H31NO3/c1-12-10-24-11-14-6-4-13-5-7-15-17(21(26)27-3)9-23(19(13)15)20(25)16(12)8-18(24)22(14,23)2/h12,14-18H,4-11H2,1-3H3/t12-,14-,15?,16-,17-,18-,22-,23+/m1/s1. The van der Waals surface area contributed by atoms with E-state index in [9.17, 15) is 9.59 Å². The van der Waals surface area contributed by atoms with E-state index in [-0.39, 0.29) is 34.6 Å². The summed E-state index contributed by atoms with van der Waals surface area (Å²) in [4.78, 5) is 29.7. The second-order valence-electron chi connectivity index (χ2n) is 10.6. The third kappa shape index (κ3) is 1.64. The predicted molar refractivity (Wildman–Crippen MR) is 101 cm³/mol. The molecule has 0 aromatic carbocycles. The third-order valence-corrected chi connectivity index (χ3v) is 10.1. The molecule has 2 heterocycles. The largest absolute Gasteiger partial charge is 0.469 e. The van der Waals surface area contributed by atoms with E-state index in [0.717, 1.165) is 45.2 Å². The average molecular weight is 370 g/mol. The lowest BCUT2D eigenvalue weighted by atomic mass is 9.45. The van der Waals surface area contributed by atoms with Gasteiger partial charge in [0.1, 0.15) is 5.78 Å². The molecule has 4 nitrogen and oxygen atoms in total. The Balaban J connectivity index is 1.62. The molecular formula is C23H31NO3. The number of piperidine rings is 1. The maximum absolute atomic E-state index is 14.3. The highest BCUT2D eigenvalue weighted by atomic mass is 16.5. The summed E-state index contributed by atoms with van der Waals surface area (Å²) in [6.07, 6.45) is 6.30. The van der Waals surface area contributed by atoms with Gasteiger partial charge in [0, 0.05) is 30.5 Å². The fourth-order valence-electron chi connectivity index (χ4n) is 9.01. The molecular weight excluding hydrogens is 338 g/mol. The normalized spacial score (nSPS) is 52.8. The lowest BCUT2D eigenvalue weighted by molar-refractivity contribution is -0.159. The van der Waals surface area contributed by atoms with Gasteiger partial charge in [0.15, 0.2) is 0 Å². The molecule has 0 aromatic heterocycles. The summed E-state index contributed by atoms with van der Waals surface area (Å²) in [6.45, 7) is 6.96. The molecule has 1 spiro atoms. The molecule has 0 radical (unpaired) electrons. The number of ketones is 1. The second kappa shape index (κ2) is 5.06. The number of nitrogens with zero attached hydrogens (tertiary/aromatic N) is 1. The van der Waals surface area contributed by atoms with Crippen molar-refractivity contribution in [1.29, 1.82) is 0 Å². The van der Waals surface area contributed by atoms with Gasteiger partial charge in [0.2, 0.25) is 0 Å². The number of hydrogen-bond acceptors (Lipinski definition) is 4. The van der Waals surface area contributed by atoms with E-state index < -0.39 is 0 Å². The fraction of sp³-hybridized carbons (Fsp3) is 0.826. The van der Waals surface area contributed by atoms with Crippen LogP contribution in [0.2, 0.25) is 0 Å². The SMILES string of the molecule is COC(=O)[C@@H]1C[C@@]23C(=O)[C@@H]4C[C@H]5N(C[C@@H](CCC6=C2C1CC6)[C@]53C)C[C@H]4C. The van der Waals surface area contributed by atoms with Crippen molar-refractivity contribution in [3.05, 3.63) is 11.1 Å². The van der Waals surface area contributed by atoms with E-state index >= 15 is 0 Å². The summed E-state index contributed by atoms with van der Waals surface area (Å²) in [5.41, 5.74) is 2.61. The van der Waals surface area contributed by atoms with E-state index in [4.69, 9.17) is 4.74 Å². The van der Waals surface area contributed by atoms with Crippen molar-refractivity contribution in [1.82, 2.24) is 4.90 Å². The molecule has 2 aliphatic heterocycles. The van der Waals surface area contributed by atoms with Crippen molar-refractivity contribution >= 4 is 11.8 Å². The number of ether oxygens (including phenoxy) is 1. The summed E-state index contributed by atoms with van der Waals surface area (Å²) in [7, 11) is 1.51. The molecule has 0 N–H and O–H groups in total. The number of methoxy groups -OCH3 is 1. The Kier molecular flexibility index (Phi) is 3.14. The molecule has 27 heavy (non-hydrogen) atoms. The first-order valence-electron chi connectivity index (χ1n) is 11.0. The Labute approximate surface area is 161 Å². The highest BCUT2D eigenvalue weighted by Gasteiger charge is 2.76. The van der Waals surface area contributed by atoms with Crippen LogP contribution in [-0.4, -0.2) is 42.9 Å². The number of carbonyl (C=O) groups is 2. The smallest absolute Gasteiger partial charge is 0.309 e. The Morgan fingerprint density at radius 3 is 2.74 bits per heavy atom.